The molecule has 21 heavy (non-hydrogen) atoms. The Bertz CT molecular complexity index is 836. The minimum Gasteiger partial charge on any atom is -0.383 e. The van der Waals surface area contributed by atoms with Gasteiger partial charge in [-0.2, -0.15) is 23.4 Å². The number of benzene rings is 1. The van der Waals surface area contributed by atoms with Crippen molar-refractivity contribution in [3.05, 3.63) is 33.9 Å². The number of aromatic amines is 1. The highest BCUT2D eigenvalue weighted by atomic mass is 35.5. The van der Waals surface area contributed by atoms with Crippen LogP contribution >= 0.6 is 23.2 Å². The minimum atomic E-state index is -4.67. The first-order valence-corrected chi connectivity index (χ1v) is 6.30. The average molecular weight is 336 g/mol. The first kappa shape index (κ1) is 14.0. The normalized spacial score (nSPS) is 12.2. The number of fused-ring (bicyclic) bond motifs is 1. The van der Waals surface area contributed by atoms with Gasteiger partial charge in [0.1, 0.15) is 5.82 Å². The molecule has 2 aromatic heterocycles. The van der Waals surface area contributed by atoms with Crippen LogP contribution in [0.5, 0.6) is 0 Å². The number of rotatable bonds is 1. The van der Waals surface area contributed by atoms with E-state index < -0.39 is 11.9 Å². The number of halogens is 5. The maximum atomic E-state index is 13.0. The molecule has 10 heteroatoms. The molecule has 0 fully saturated rings. The van der Waals surface area contributed by atoms with E-state index in [1.54, 1.807) is 0 Å². The van der Waals surface area contributed by atoms with Crippen LogP contribution in [-0.2, 0) is 6.18 Å². The molecular weight excluding hydrogens is 330 g/mol. The molecule has 2 heterocycles. The van der Waals surface area contributed by atoms with Gasteiger partial charge in [-0.1, -0.05) is 23.2 Å². The van der Waals surface area contributed by atoms with Gasteiger partial charge in [0.2, 0.25) is 0 Å². The van der Waals surface area contributed by atoms with Crippen LogP contribution in [0.3, 0.4) is 0 Å². The maximum absolute atomic E-state index is 13.0. The Morgan fingerprint density at radius 2 is 1.95 bits per heavy atom. The fraction of sp³-hybridized carbons (Fsp3) is 0.0909. The lowest BCUT2D eigenvalue weighted by atomic mass is 10.3. The smallest absolute Gasteiger partial charge is 0.383 e. The van der Waals surface area contributed by atoms with Crippen LogP contribution in [0.15, 0.2) is 18.2 Å². The zero-order valence-electron chi connectivity index (χ0n) is 10.0. The summed E-state index contributed by atoms with van der Waals surface area (Å²) in [6.45, 7) is 0. The lowest BCUT2D eigenvalue weighted by molar-refractivity contribution is -0.140. The van der Waals surface area contributed by atoms with E-state index in [9.17, 15) is 13.2 Å². The highest BCUT2D eigenvalue weighted by Gasteiger charge is 2.39. The minimum absolute atomic E-state index is 0.0657. The molecule has 0 spiro atoms. The Morgan fingerprint density at radius 1 is 1.24 bits per heavy atom. The van der Waals surface area contributed by atoms with E-state index in [0.29, 0.717) is 5.02 Å². The van der Waals surface area contributed by atoms with Gasteiger partial charge < -0.3 is 5.73 Å². The molecule has 0 saturated heterocycles. The molecule has 1 aromatic carbocycles. The molecule has 0 bridgehead atoms. The second-order valence-corrected chi connectivity index (χ2v) is 5.03. The number of hydrogen-bond donors (Lipinski definition) is 2. The van der Waals surface area contributed by atoms with Crippen LogP contribution in [0.25, 0.3) is 16.7 Å². The number of hydrogen-bond acceptors (Lipinski definition) is 3. The van der Waals surface area contributed by atoms with Crippen molar-refractivity contribution in [1.29, 1.82) is 0 Å². The van der Waals surface area contributed by atoms with Gasteiger partial charge in [0, 0.05) is 5.02 Å². The van der Waals surface area contributed by atoms with Gasteiger partial charge >= 0.3 is 6.18 Å². The molecule has 0 aliphatic heterocycles. The SMILES string of the molecule is Nc1[nH]nc2c1c(C(F)(F)F)nn2-c1ccc(Cl)cc1Cl. The molecule has 0 radical (unpaired) electrons. The first-order valence-electron chi connectivity index (χ1n) is 5.54. The summed E-state index contributed by atoms with van der Waals surface area (Å²) in [7, 11) is 0. The van der Waals surface area contributed by atoms with Crippen molar-refractivity contribution in [3.8, 4) is 5.69 Å². The third kappa shape index (κ3) is 2.20. The summed E-state index contributed by atoms with van der Waals surface area (Å²) in [5.41, 5.74) is 4.52. The van der Waals surface area contributed by atoms with Crippen LogP contribution in [0.4, 0.5) is 19.0 Å². The summed E-state index contributed by atoms with van der Waals surface area (Å²) >= 11 is 11.8. The van der Waals surface area contributed by atoms with Crippen molar-refractivity contribution in [2.24, 2.45) is 0 Å². The van der Waals surface area contributed by atoms with Crippen LogP contribution in [-0.4, -0.2) is 20.0 Å². The number of H-pyrrole nitrogens is 1. The average Bonchev–Trinajstić information content (AvgIpc) is 2.90. The molecule has 0 aliphatic rings. The van der Waals surface area contributed by atoms with Gasteiger partial charge in [-0.05, 0) is 18.2 Å². The lowest BCUT2D eigenvalue weighted by Gasteiger charge is -2.05. The number of anilines is 1. The summed E-state index contributed by atoms with van der Waals surface area (Å²) in [5.74, 6) is -0.214. The molecule has 3 rings (SSSR count). The summed E-state index contributed by atoms with van der Waals surface area (Å²) in [5, 5.41) is 9.80. The topological polar surface area (TPSA) is 72.5 Å². The Hall–Kier alpha value is -1.93. The molecule has 0 aliphatic carbocycles. The molecule has 110 valence electrons. The number of aromatic nitrogens is 4. The van der Waals surface area contributed by atoms with Crippen molar-refractivity contribution in [2.75, 3.05) is 5.73 Å². The number of nitrogens with two attached hydrogens (primary N) is 1. The fourth-order valence-electron chi connectivity index (χ4n) is 1.95. The van der Waals surface area contributed by atoms with E-state index in [2.05, 4.69) is 15.3 Å². The van der Waals surface area contributed by atoms with E-state index >= 15 is 0 Å². The van der Waals surface area contributed by atoms with Crippen LogP contribution in [0.2, 0.25) is 10.0 Å². The molecule has 0 unspecified atom stereocenters. The van der Waals surface area contributed by atoms with E-state index in [1.807, 2.05) is 0 Å². The summed E-state index contributed by atoms with van der Waals surface area (Å²) in [4.78, 5) is 0. The van der Waals surface area contributed by atoms with Crippen molar-refractivity contribution in [1.82, 2.24) is 20.0 Å². The number of alkyl halides is 3. The first-order chi connectivity index (χ1) is 9.79. The summed E-state index contributed by atoms with van der Waals surface area (Å²) in [6, 6.07) is 4.33. The standard InChI is InChI=1S/C11H6Cl2F3N5/c12-4-1-2-6(5(13)3-4)21-10-7(9(17)18-19-10)8(20-21)11(14,15)16/h1-3H,(H3,17,18,19). The summed E-state index contributed by atoms with van der Waals surface area (Å²) < 4.78 is 40.1. The van der Waals surface area contributed by atoms with Crippen LogP contribution in [0, 0.1) is 0 Å². The predicted molar refractivity (Wildman–Crippen MR) is 72.7 cm³/mol. The third-order valence-corrected chi connectivity index (χ3v) is 3.36. The highest BCUT2D eigenvalue weighted by Crippen LogP contribution is 2.37. The monoisotopic (exact) mass is 335 g/mol. The molecule has 0 saturated carbocycles. The number of nitrogens with zero attached hydrogens (tertiary/aromatic N) is 3. The Morgan fingerprint density at radius 3 is 2.57 bits per heavy atom. The second kappa shape index (κ2) is 4.54. The van der Waals surface area contributed by atoms with Gasteiger partial charge in [0.15, 0.2) is 11.3 Å². The van der Waals surface area contributed by atoms with Crippen molar-refractivity contribution < 1.29 is 13.2 Å². The maximum Gasteiger partial charge on any atom is 0.436 e. The lowest BCUT2D eigenvalue weighted by Crippen LogP contribution is -2.09. The van der Waals surface area contributed by atoms with Crippen LogP contribution in [0.1, 0.15) is 5.69 Å². The van der Waals surface area contributed by atoms with E-state index in [4.69, 9.17) is 28.9 Å². The number of nitrogen functional groups attached to an aromatic ring is 1. The van der Waals surface area contributed by atoms with E-state index in [0.717, 1.165) is 4.68 Å². The Kier molecular flexibility index (Phi) is 3.03. The molecule has 0 atom stereocenters. The van der Waals surface area contributed by atoms with Gasteiger partial charge in [-0.3, -0.25) is 5.10 Å². The van der Waals surface area contributed by atoms with Gasteiger partial charge in [-0.25, -0.2) is 4.68 Å². The van der Waals surface area contributed by atoms with Crippen molar-refractivity contribution in [3.63, 3.8) is 0 Å². The molecule has 5 nitrogen and oxygen atoms in total. The van der Waals surface area contributed by atoms with Crippen LogP contribution < -0.4 is 5.73 Å². The Balaban J connectivity index is 2.34. The second-order valence-electron chi connectivity index (χ2n) is 4.19. The quantitative estimate of drug-likeness (QED) is 0.712. The predicted octanol–water partition coefficient (Wildman–Crippen LogP) is 3.66. The Labute approximate surface area is 125 Å². The van der Waals surface area contributed by atoms with Gasteiger partial charge in [0.25, 0.3) is 0 Å². The third-order valence-electron chi connectivity index (χ3n) is 2.82. The van der Waals surface area contributed by atoms with Crippen molar-refractivity contribution in [2.45, 2.75) is 6.18 Å². The fourth-order valence-corrected chi connectivity index (χ4v) is 2.44. The largest absolute Gasteiger partial charge is 0.436 e. The molecule has 3 aromatic rings. The highest BCUT2D eigenvalue weighted by molar-refractivity contribution is 6.35. The molecule has 3 N–H and O–H groups in total. The van der Waals surface area contributed by atoms with Gasteiger partial charge in [-0.15, -0.1) is 0 Å². The molecular formula is C11H6Cl2F3N5. The summed E-state index contributed by atoms with van der Waals surface area (Å²) in [6.07, 6.45) is -4.67. The van der Waals surface area contributed by atoms with E-state index in [1.165, 1.54) is 18.2 Å². The van der Waals surface area contributed by atoms with Gasteiger partial charge in [0.05, 0.1) is 16.1 Å². The number of nitrogens with one attached hydrogen (secondary N) is 1. The zero-order valence-corrected chi connectivity index (χ0v) is 11.6. The molecule has 0 amide bonds. The zero-order chi connectivity index (χ0) is 15.4. The van der Waals surface area contributed by atoms with Crippen molar-refractivity contribution >= 4 is 40.1 Å². The van der Waals surface area contributed by atoms with E-state index in [-0.39, 0.29) is 27.6 Å².